The normalized spacial score (nSPS) is 19.0. The van der Waals surface area contributed by atoms with Crippen molar-refractivity contribution in [1.82, 2.24) is 14.5 Å². The lowest BCUT2D eigenvalue weighted by Crippen LogP contribution is -2.33. The Morgan fingerprint density at radius 3 is 2.67 bits per heavy atom. The van der Waals surface area contributed by atoms with Crippen molar-refractivity contribution in [3.8, 4) is 11.4 Å². The summed E-state index contributed by atoms with van der Waals surface area (Å²) in [6.07, 6.45) is 8.60. The molecule has 1 aliphatic rings. The van der Waals surface area contributed by atoms with Gasteiger partial charge in [-0.2, -0.15) is 0 Å². The molecule has 1 atom stereocenters. The number of allylic oxidation sites excluding steroid dienone is 1. The second-order valence-electron chi connectivity index (χ2n) is 8.39. The smallest absolute Gasteiger partial charge is 0.187 e. The van der Waals surface area contributed by atoms with Crippen LogP contribution in [0.5, 0.6) is 5.75 Å². The summed E-state index contributed by atoms with van der Waals surface area (Å²) in [6.45, 7) is 2.67. The number of halogens is 2. The van der Waals surface area contributed by atoms with Crippen LogP contribution in [-0.4, -0.2) is 40.4 Å². The van der Waals surface area contributed by atoms with E-state index in [0.29, 0.717) is 29.8 Å². The molecule has 2 aromatic carbocycles. The maximum atomic E-state index is 15.8. The highest BCUT2D eigenvalue weighted by Crippen LogP contribution is 2.35. The number of likely N-dealkylation sites (tertiary alicyclic amines) is 1. The summed E-state index contributed by atoms with van der Waals surface area (Å²) in [4.78, 5) is 18.9. The van der Waals surface area contributed by atoms with E-state index in [-0.39, 0.29) is 18.1 Å². The van der Waals surface area contributed by atoms with Gasteiger partial charge in [0.15, 0.2) is 11.5 Å². The van der Waals surface area contributed by atoms with E-state index in [4.69, 9.17) is 4.74 Å². The van der Waals surface area contributed by atoms with Crippen molar-refractivity contribution < 1.29 is 18.3 Å². The summed E-state index contributed by atoms with van der Waals surface area (Å²) < 4.78 is 36.4. The highest BCUT2D eigenvalue weighted by atomic mass is 19.1. The van der Waals surface area contributed by atoms with Crippen LogP contribution in [0.4, 0.5) is 8.78 Å². The van der Waals surface area contributed by atoms with Gasteiger partial charge in [0, 0.05) is 30.6 Å². The number of aryl methyl sites for hydroxylation is 1. The molecule has 1 aliphatic heterocycles. The molecule has 1 fully saturated rings. The molecular weight excluding hydrogens is 424 g/mol. The molecule has 0 saturated carbocycles. The molecule has 1 saturated heterocycles. The van der Waals surface area contributed by atoms with Gasteiger partial charge in [0.05, 0.1) is 31.4 Å². The Balaban J connectivity index is 1.51. The molecule has 33 heavy (non-hydrogen) atoms. The molecule has 0 aliphatic carbocycles. The number of hydrogen-bond acceptors (Lipinski definition) is 4. The van der Waals surface area contributed by atoms with Crippen LogP contribution in [0.25, 0.3) is 5.69 Å². The second-order valence-corrected chi connectivity index (χ2v) is 8.39. The average molecular weight is 452 g/mol. The number of benzene rings is 2. The van der Waals surface area contributed by atoms with Crippen LogP contribution in [0, 0.1) is 12.7 Å². The largest absolute Gasteiger partial charge is 0.495 e. The van der Waals surface area contributed by atoms with Crippen LogP contribution < -0.4 is 4.74 Å². The number of ether oxygens (including phenoxy) is 1. The Labute approximate surface area is 192 Å². The highest BCUT2D eigenvalue weighted by molar-refractivity contribution is 6.04. The number of nitrogens with zero attached hydrogens (tertiary/aromatic N) is 3. The molecule has 0 bridgehead atoms. The molecule has 0 N–H and O–H groups in total. The summed E-state index contributed by atoms with van der Waals surface area (Å²) >= 11 is 0. The van der Waals surface area contributed by atoms with Crippen LogP contribution in [0.15, 0.2) is 67.3 Å². The van der Waals surface area contributed by atoms with Gasteiger partial charge in [-0.25, -0.2) is 13.8 Å². The van der Waals surface area contributed by atoms with Crippen LogP contribution in [0.1, 0.15) is 40.9 Å². The summed E-state index contributed by atoms with van der Waals surface area (Å²) in [5.41, 5.74) is 1.01. The molecule has 0 radical (unpaired) electrons. The van der Waals surface area contributed by atoms with Gasteiger partial charge >= 0.3 is 0 Å². The first-order valence-corrected chi connectivity index (χ1v) is 11.0. The van der Waals surface area contributed by atoms with E-state index < -0.39 is 5.67 Å². The lowest BCUT2D eigenvalue weighted by Gasteiger charge is -2.29. The molecule has 3 aromatic rings. The number of carbonyl (C=O) groups excluding carboxylic acids is 1. The molecule has 1 aromatic heterocycles. The molecule has 0 amide bonds. The van der Waals surface area contributed by atoms with E-state index in [9.17, 15) is 9.18 Å². The van der Waals surface area contributed by atoms with Crippen molar-refractivity contribution in [2.24, 2.45) is 0 Å². The lowest BCUT2D eigenvalue weighted by molar-refractivity contribution is 0.103. The zero-order valence-corrected chi connectivity index (χ0v) is 18.8. The molecule has 2 heterocycles. The topological polar surface area (TPSA) is 47.4 Å². The van der Waals surface area contributed by atoms with Gasteiger partial charge in [-0.15, -0.1) is 0 Å². The van der Waals surface area contributed by atoms with Crippen LogP contribution in [0.3, 0.4) is 0 Å². The number of hydrogen-bond donors (Lipinski definition) is 0. The minimum absolute atomic E-state index is 0.116. The quantitative estimate of drug-likeness (QED) is 0.373. The van der Waals surface area contributed by atoms with Crippen LogP contribution >= 0.6 is 0 Å². The minimum atomic E-state index is -1.59. The monoisotopic (exact) mass is 451 g/mol. The van der Waals surface area contributed by atoms with Crippen molar-refractivity contribution in [2.45, 2.75) is 31.9 Å². The summed E-state index contributed by atoms with van der Waals surface area (Å²) in [6, 6.07) is 10.8. The Bertz CT molecular complexity index is 1160. The molecular formula is C26H27F2N3O2. The molecule has 5 nitrogen and oxygen atoms in total. The summed E-state index contributed by atoms with van der Waals surface area (Å²) in [7, 11) is 1.56. The standard InChI is InChI=1S/C26H27F2N3O2/c1-19-16-31(18-29-19)23-10-5-20(15-25(23)33-2)24(32)11-14-30-13-4-3-12-26(28,17-30)21-6-8-22(27)9-7-21/h5-11,14-16,18H,3-4,12-13,17H2,1-2H3. The number of methoxy groups -OCH3 is 1. The van der Waals surface area contributed by atoms with E-state index in [1.54, 1.807) is 31.8 Å². The van der Waals surface area contributed by atoms with Gasteiger partial charge in [-0.1, -0.05) is 12.1 Å². The number of alkyl halides is 1. The van der Waals surface area contributed by atoms with Gasteiger partial charge < -0.3 is 14.2 Å². The van der Waals surface area contributed by atoms with Gasteiger partial charge in [-0.3, -0.25) is 4.79 Å². The predicted molar refractivity (Wildman–Crippen MR) is 123 cm³/mol. The van der Waals surface area contributed by atoms with Crippen molar-refractivity contribution >= 4 is 5.78 Å². The first-order chi connectivity index (χ1) is 15.9. The first-order valence-electron chi connectivity index (χ1n) is 11.0. The Morgan fingerprint density at radius 1 is 1.18 bits per heavy atom. The minimum Gasteiger partial charge on any atom is -0.495 e. The third-order valence-electron chi connectivity index (χ3n) is 5.97. The predicted octanol–water partition coefficient (Wildman–Crippen LogP) is 5.38. The van der Waals surface area contributed by atoms with Crippen molar-refractivity contribution in [1.29, 1.82) is 0 Å². The second kappa shape index (κ2) is 9.57. The average Bonchev–Trinajstić information content (AvgIpc) is 3.15. The van der Waals surface area contributed by atoms with E-state index in [1.165, 1.54) is 30.3 Å². The van der Waals surface area contributed by atoms with Crippen molar-refractivity contribution in [3.63, 3.8) is 0 Å². The number of rotatable bonds is 6. The van der Waals surface area contributed by atoms with Gasteiger partial charge in [-0.05, 0) is 62.1 Å². The Hall–Kier alpha value is -3.48. The zero-order chi connectivity index (χ0) is 23.4. The van der Waals surface area contributed by atoms with Gasteiger partial charge in [0.2, 0.25) is 0 Å². The van der Waals surface area contributed by atoms with Gasteiger partial charge in [0.1, 0.15) is 11.6 Å². The number of carbonyl (C=O) groups is 1. The third-order valence-corrected chi connectivity index (χ3v) is 5.97. The number of imidazole rings is 1. The molecule has 4 rings (SSSR count). The highest BCUT2D eigenvalue weighted by Gasteiger charge is 2.35. The molecule has 1 unspecified atom stereocenters. The lowest BCUT2D eigenvalue weighted by atomic mass is 9.91. The summed E-state index contributed by atoms with van der Waals surface area (Å²) in [5, 5.41) is 0. The SMILES string of the molecule is COc1cc(C(=O)C=CN2CCCCC(F)(c3ccc(F)cc3)C2)ccc1-n1cnc(C)c1. The molecule has 0 spiro atoms. The van der Waals surface area contributed by atoms with E-state index in [0.717, 1.165) is 24.2 Å². The van der Waals surface area contributed by atoms with E-state index in [1.807, 2.05) is 28.7 Å². The van der Waals surface area contributed by atoms with Crippen LogP contribution in [0.2, 0.25) is 0 Å². The Kier molecular flexibility index (Phi) is 6.58. The van der Waals surface area contributed by atoms with Crippen LogP contribution in [-0.2, 0) is 5.67 Å². The van der Waals surface area contributed by atoms with Crippen molar-refractivity contribution in [3.05, 3.63) is 89.9 Å². The van der Waals surface area contributed by atoms with Gasteiger partial charge in [0.25, 0.3) is 0 Å². The zero-order valence-electron chi connectivity index (χ0n) is 18.8. The first kappa shape index (κ1) is 22.7. The maximum absolute atomic E-state index is 15.8. The number of ketones is 1. The molecule has 172 valence electrons. The fourth-order valence-corrected chi connectivity index (χ4v) is 4.18. The molecule has 7 heteroatoms. The van der Waals surface area contributed by atoms with E-state index in [2.05, 4.69) is 4.98 Å². The number of aromatic nitrogens is 2. The van der Waals surface area contributed by atoms with E-state index >= 15 is 4.39 Å². The third kappa shape index (κ3) is 5.13. The fourth-order valence-electron chi connectivity index (χ4n) is 4.18. The summed E-state index contributed by atoms with van der Waals surface area (Å²) in [5.74, 6) is -0.0272. The Morgan fingerprint density at radius 2 is 1.97 bits per heavy atom. The maximum Gasteiger partial charge on any atom is 0.187 e. The van der Waals surface area contributed by atoms with Crippen molar-refractivity contribution in [2.75, 3.05) is 20.2 Å². The fraction of sp³-hybridized carbons (Fsp3) is 0.308.